The van der Waals surface area contributed by atoms with Crippen LogP contribution >= 0.6 is 0 Å². The molecule has 0 aliphatic heterocycles. The molecule has 0 bridgehead atoms. The average molecular weight is 924 g/mol. The Bertz CT molecular complexity index is 116. The Morgan fingerprint density at radius 3 is 0.500 bits per heavy atom. The van der Waals surface area contributed by atoms with Gasteiger partial charge >= 0.3 is 91.6 Å². The van der Waals surface area contributed by atoms with Gasteiger partial charge in [0.1, 0.15) is 0 Å². The molecule has 82 valence electrons. The van der Waals surface area contributed by atoms with Crippen molar-refractivity contribution in [2.24, 2.45) is 0 Å². The summed E-state index contributed by atoms with van der Waals surface area (Å²) in [7, 11) is 0. The van der Waals surface area contributed by atoms with Crippen LogP contribution < -0.4 is 0 Å². The zero-order chi connectivity index (χ0) is 10.7. The van der Waals surface area contributed by atoms with Gasteiger partial charge in [-0.15, -0.1) is 0 Å². The van der Waals surface area contributed by atoms with Crippen molar-refractivity contribution in [3.63, 3.8) is 0 Å². The van der Waals surface area contributed by atoms with Crippen LogP contribution in [0.5, 0.6) is 0 Å². The van der Waals surface area contributed by atoms with Gasteiger partial charge in [0.2, 0.25) is 0 Å². The molecule has 0 rings (SSSR count). The number of rotatable bonds is 0. The van der Waals surface area contributed by atoms with Crippen LogP contribution in [0.2, 0.25) is 0 Å². The van der Waals surface area contributed by atoms with Crippen LogP contribution in [0.3, 0.4) is 0 Å². The van der Waals surface area contributed by atoms with E-state index >= 15 is 0 Å². The maximum absolute atomic E-state index is 8.84. The molecule has 0 spiro atoms. The third kappa shape index (κ3) is 285. The monoisotopic (exact) mass is 928 g/mol. The molecule has 0 heterocycles. The van der Waals surface area contributed by atoms with Crippen LogP contribution in [-0.4, -0.2) is 135 Å². The van der Waals surface area contributed by atoms with Gasteiger partial charge in [-0.05, 0) is 0 Å². The van der Waals surface area contributed by atoms with E-state index in [2.05, 4.69) is 0 Å². The third-order valence-electron chi connectivity index (χ3n) is 0. The molecule has 6 radical (unpaired) electrons. The summed E-state index contributed by atoms with van der Waals surface area (Å²) in [6.45, 7) is 0. The summed E-state index contributed by atoms with van der Waals surface area (Å²) in [6, 6.07) is 0. The molecule has 0 aliphatic rings. The minimum absolute atomic E-state index is 0. The second-order valence-electron chi connectivity index (χ2n) is 0.848. The van der Waals surface area contributed by atoms with Crippen molar-refractivity contribution in [1.82, 2.24) is 0 Å². The van der Waals surface area contributed by atoms with E-state index in [1.165, 1.54) is 0 Å². The van der Waals surface area contributed by atoms with Gasteiger partial charge in [-0.2, -0.15) is 0 Å². The van der Waals surface area contributed by atoms with E-state index in [0.717, 1.165) is 0 Å². The molecule has 14 heavy (non-hydrogen) atoms. The van der Waals surface area contributed by atoms with Crippen molar-refractivity contribution in [1.29, 1.82) is 0 Å². The molecule has 14 heteroatoms. The summed E-state index contributed by atoms with van der Waals surface area (Å²) in [5.74, 6) is 0. The molecule has 0 unspecified atom stereocenters. The molecular formula is H6Bi2O9Sn3. The molecule has 0 fully saturated rings. The fourth-order valence-corrected chi connectivity index (χ4v) is 0. The van der Waals surface area contributed by atoms with E-state index in [0.29, 0.717) is 0 Å². The second-order valence-corrected chi connectivity index (χ2v) is 5.69. The normalized spacial score (nSPS) is 5.57. The standard InChI is InChI=1S/2Bi.6H2O.3O.3Sn/h;;6*1H2;;;;;;/q;;;;;;;;;;;3*+2/p-6. The Hall–Kier alpha value is 3.32. The van der Waals surface area contributed by atoms with Crippen LogP contribution in [-0.2, 0) is 9.23 Å². The van der Waals surface area contributed by atoms with E-state index in [1.54, 1.807) is 0 Å². The maximum atomic E-state index is 8.84. The summed E-state index contributed by atoms with van der Waals surface area (Å²) in [4.78, 5) is 0. The zero-order valence-electron chi connectivity index (χ0n) is 6.30. The van der Waals surface area contributed by atoms with E-state index < -0.39 is 61.7 Å². The van der Waals surface area contributed by atoms with Crippen molar-refractivity contribution in [2.75, 3.05) is 0 Å². The van der Waals surface area contributed by atoms with Crippen molar-refractivity contribution < 1.29 is 29.9 Å². The Morgan fingerprint density at radius 2 is 0.500 bits per heavy atom. The molecule has 0 aromatic heterocycles. The van der Waals surface area contributed by atoms with E-state index in [1.807, 2.05) is 0 Å². The van der Waals surface area contributed by atoms with Crippen LogP contribution in [0.25, 0.3) is 0 Å². The van der Waals surface area contributed by atoms with Gasteiger partial charge in [-0.3, -0.25) is 0 Å². The summed E-state index contributed by atoms with van der Waals surface area (Å²) in [5, 5.41) is 0. The second kappa shape index (κ2) is 25.2. The Balaban J connectivity index is -0.0000000270. The number of hydrogen-bond acceptors (Lipinski definition) is 3. The molecule has 0 amide bonds. The van der Waals surface area contributed by atoms with Crippen molar-refractivity contribution in [3.8, 4) is 0 Å². The molecule has 0 aromatic carbocycles. The predicted molar refractivity (Wildman–Crippen MR) is 44.1 cm³/mol. The molecule has 6 N–H and O–H groups in total. The first-order valence-electron chi connectivity index (χ1n) is 1.95. The molecular weight excluding hydrogens is 918 g/mol. The van der Waals surface area contributed by atoms with Gasteiger partial charge in [0.05, 0.1) is 0 Å². The molecule has 0 aromatic rings. The Labute approximate surface area is 141 Å². The van der Waals surface area contributed by atoms with Crippen molar-refractivity contribution in [2.45, 2.75) is 0 Å². The van der Waals surface area contributed by atoms with Gasteiger partial charge < -0.3 is 0 Å². The average Bonchev–Trinajstić information content (AvgIpc) is 1.54. The zero-order valence-corrected chi connectivity index (χ0v) is 21.8. The SMILES string of the molecule is [Bi].[Bi].[O]=[Sn]([OH])[OH].[O]=[Sn]([OH])[OH].[O]=[Sn]([OH])[OH]. The quantitative estimate of drug-likeness (QED) is 0.130. The molecule has 0 saturated heterocycles. The van der Waals surface area contributed by atoms with Gasteiger partial charge in [0, 0.05) is 52.4 Å². The summed E-state index contributed by atoms with van der Waals surface area (Å²) in [5.41, 5.74) is 0. The fourth-order valence-electron chi connectivity index (χ4n) is 0. The van der Waals surface area contributed by atoms with E-state index in [4.69, 9.17) is 29.9 Å². The van der Waals surface area contributed by atoms with Crippen LogP contribution in [0.4, 0.5) is 0 Å². The third-order valence-corrected chi connectivity index (χ3v) is 0. The first kappa shape index (κ1) is 30.4. The Kier molecular flexibility index (Phi) is 54.8. The first-order chi connectivity index (χ1) is 5.20. The van der Waals surface area contributed by atoms with Crippen LogP contribution in [0, 0.1) is 0 Å². The van der Waals surface area contributed by atoms with Crippen LogP contribution in [0.15, 0.2) is 0 Å². The van der Waals surface area contributed by atoms with Gasteiger partial charge in [-0.1, -0.05) is 0 Å². The summed E-state index contributed by atoms with van der Waals surface area (Å²) >= 11 is -11.4. The molecule has 9 nitrogen and oxygen atoms in total. The predicted octanol–water partition coefficient (Wildman–Crippen LogP) is -5.60. The van der Waals surface area contributed by atoms with Crippen molar-refractivity contribution in [3.05, 3.63) is 0 Å². The van der Waals surface area contributed by atoms with E-state index in [-0.39, 0.29) is 52.4 Å². The summed E-state index contributed by atoms with van der Waals surface area (Å²) < 4.78 is 70.0. The van der Waals surface area contributed by atoms with Gasteiger partial charge in [0.25, 0.3) is 0 Å². The van der Waals surface area contributed by atoms with Crippen molar-refractivity contribution >= 4 is 114 Å². The fraction of sp³-hybridized carbons (Fsp3) is 0. The van der Waals surface area contributed by atoms with E-state index in [9.17, 15) is 0 Å². The first-order valence-corrected chi connectivity index (χ1v) is 13.1. The van der Waals surface area contributed by atoms with Crippen LogP contribution in [0.1, 0.15) is 0 Å². The Morgan fingerprint density at radius 1 is 0.500 bits per heavy atom. The van der Waals surface area contributed by atoms with Gasteiger partial charge in [-0.25, -0.2) is 0 Å². The minimum atomic E-state index is -3.79. The molecule has 0 aliphatic carbocycles. The topological polar surface area (TPSA) is 173 Å². The van der Waals surface area contributed by atoms with Gasteiger partial charge in [0.15, 0.2) is 0 Å². The molecule has 0 atom stereocenters. The molecule has 0 saturated carbocycles. The number of hydrogen-bond donors (Lipinski definition) is 6. The summed E-state index contributed by atoms with van der Waals surface area (Å²) in [6.07, 6.45) is 0.